The van der Waals surface area contributed by atoms with Crippen molar-refractivity contribution in [2.24, 2.45) is 0 Å². The van der Waals surface area contributed by atoms with Crippen LogP contribution in [0.2, 0.25) is 0 Å². The first-order valence-corrected chi connectivity index (χ1v) is 10.4. The first kappa shape index (κ1) is 20.7. The molecule has 2 aromatic heterocycles. The van der Waals surface area contributed by atoms with Crippen LogP contribution in [0.25, 0.3) is 5.82 Å². The van der Waals surface area contributed by atoms with E-state index in [1.54, 1.807) is 30.6 Å². The Labute approximate surface area is 181 Å². The van der Waals surface area contributed by atoms with Crippen LogP contribution in [0.4, 0.5) is 5.82 Å². The van der Waals surface area contributed by atoms with Crippen LogP contribution in [0.15, 0.2) is 36.7 Å². The Morgan fingerprint density at radius 2 is 1.48 bits per heavy atom. The molecule has 3 heterocycles. The summed E-state index contributed by atoms with van der Waals surface area (Å²) in [4.78, 5) is 41.9. The van der Waals surface area contributed by atoms with Gasteiger partial charge < -0.3 is 9.80 Å². The third-order valence-corrected chi connectivity index (χ3v) is 5.74. The molecule has 160 valence electrons. The second kappa shape index (κ2) is 8.29. The van der Waals surface area contributed by atoms with Crippen molar-refractivity contribution < 1.29 is 9.59 Å². The SMILES string of the molecule is CC(=O)c1ccc(C(=O)N2CCN(c3cc(-n4cnc(C)c4C)nc(C)n3)CC2)cc1. The average Bonchev–Trinajstić information content (AvgIpc) is 3.11. The van der Waals surface area contributed by atoms with Gasteiger partial charge in [0, 0.05) is 49.1 Å². The van der Waals surface area contributed by atoms with Gasteiger partial charge in [-0.05, 0) is 39.8 Å². The number of hydrogen-bond donors (Lipinski definition) is 0. The van der Waals surface area contributed by atoms with E-state index in [1.807, 2.05) is 36.3 Å². The fourth-order valence-electron chi connectivity index (χ4n) is 3.72. The second-order valence-electron chi connectivity index (χ2n) is 7.83. The summed E-state index contributed by atoms with van der Waals surface area (Å²) in [7, 11) is 0. The Morgan fingerprint density at radius 3 is 2.06 bits per heavy atom. The molecule has 0 aliphatic carbocycles. The Kier molecular flexibility index (Phi) is 5.54. The molecule has 8 heteroatoms. The van der Waals surface area contributed by atoms with Crippen LogP contribution in [-0.2, 0) is 0 Å². The Morgan fingerprint density at radius 1 is 0.871 bits per heavy atom. The zero-order valence-corrected chi connectivity index (χ0v) is 18.3. The van der Waals surface area contributed by atoms with Crippen molar-refractivity contribution in [2.75, 3.05) is 31.1 Å². The van der Waals surface area contributed by atoms with Gasteiger partial charge in [0.1, 0.15) is 23.8 Å². The van der Waals surface area contributed by atoms with Crippen LogP contribution in [0, 0.1) is 20.8 Å². The molecule has 1 fully saturated rings. The van der Waals surface area contributed by atoms with Crippen LogP contribution in [0.1, 0.15) is 44.9 Å². The van der Waals surface area contributed by atoms with Gasteiger partial charge in [0.15, 0.2) is 5.78 Å². The van der Waals surface area contributed by atoms with Gasteiger partial charge >= 0.3 is 0 Å². The molecule has 0 atom stereocenters. The number of aromatic nitrogens is 4. The summed E-state index contributed by atoms with van der Waals surface area (Å²) < 4.78 is 1.97. The lowest BCUT2D eigenvalue weighted by Gasteiger charge is -2.35. The molecular formula is C23H26N6O2. The van der Waals surface area contributed by atoms with Crippen LogP contribution in [0.5, 0.6) is 0 Å². The number of imidazole rings is 1. The molecule has 3 aromatic rings. The fraction of sp³-hybridized carbons (Fsp3) is 0.348. The van der Waals surface area contributed by atoms with Crippen molar-refractivity contribution in [3.8, 4) is 5.82 Å². The summed E-state index contributed by atoms with van der Waals surface area (Å²) in [6.07, 6.45) is 1.78. The number of nitrogens with zero attached hydrogens (tertiary/aromatic N) is 6. The molecule has 4 rings (SSSR count). The standard InChI is InChI=1S/C23H26N6O2/c1-15-16(2)29(14-24-15)22-13-21(25-18(4)26-22)27-9-11-28(12-10-27)23(31)20-7-5-19(6-8-20)17(3)30/h5-8,13-14H,9-12H2,1-4H3. The Hall–Kier alpha value is -3.55. The number of amides is 1. The van der Waals surface area contributed by atoms with E-state index in [0.717, 1.165) is 23.0 Å². The lowest BCUT2D eigenvalue weighted by Crippen LogP contribution is -2.49. The van der Waals surface area contributed by atoms with Gasteiger partial charge in [0.2, 0.25) is 0 Å². The number of piperazine rings is 1. The minimum atomic E-state index is -0.0150. The number of ketones is 1. The largest absolute Gasteiger partial charge is 0.353 e. The fourth-order valence-corrected chi connectivity index (χ4v) is 3.72. The van der Waals surface area contributed by atoms with Crippen molar-refractivity contribution in [3.63, 3.8) is 0 Å². The lowest BCUT2D eigenvalue weighted by molar-refractivity contribution is 0.0746. The van der Waals surface area contributed by atoms with Crippen molar-refractivity contribution in [1.82, 2.24) is 24.4 Å². The maximum atomic E-state index is 12.8. The third-order valence-electron chi connectivity index (χ3n) is 5.74. The number of rotatable bonds is 4. The molecule has 0 spiro atoms. The van der Waals surface area contributed by atoms with E-state index in [-0.39, 0.29) is 11.7 Å². The van der Waals surface area contributed by atoms with Gasteiger partial charge in [-0.15, -0.1) is 0 Å². The van der Waals surface area contributed by atoms with Crippen molar-refractivity contribution in [3.05, 3.63) is 65.0 Å². The van der Waals surface area contributed by atoms with Crippen LogP contribution in [0.3, 0.4) is 0 Å². The highest BCUT2D eigenvalue weighted by molar-refractivity contribution is 5.97. The molecule has 0 bridgehead atoms. The monoisotopic (exact) mass is 418 g/mol. The number of benzene rings is 1. The minimum Gasteiger partial charge on any atom is -0.353 e. The molecule has 0 N–H and O–H groups in total. The number of hydrogen-bond acceptors (Lipinski definition) is 6. The molecule has 8 nitrogen and oxygen atoms in total. The van der Waals surface area contributed by atoms with Crippen molar-refractivity contribution >= 4 is 17.5 Å². The van der Waals surface area contributed by atoms with E-state index in [0.29, 0.717) is 43.1 Å². The van der Waals surface area contributed by atoms with E-state index < -0.39 is 0 Å². The highest BCUT2D eigenvalue weighted by Gasteiger charge is 2.24. The lowest BCUT2D eigenvalue weighted by atomic mass is 10.1. The molecule has 0 unspecified atom stereocenters. The molecule has 1 amide bonds. The second-order valence-corrected chi connectivity index (χ2v) is 7.83. The molecule has 0 saturated carbocycles. The highest BCUT2D eigenvalue weighted by Crippen LogP contribution is 2.20. The Balaban J connectivity index is 1.47. The minimum absolute atomic E-state index is 0.00632. The van der Waals surface area contributed by atoms with Crippen LogP contribution < -0.4 is 4.90 Å². The number of aryl methyl sites for hydroxylation is 2. The molecule has 1 aliphatic heterocycles. The van der Waals surface area contributed by atoms with Gasteiger partial charge in [-0.2, -0.15) is 0 Å². The first-order valence-electron chi connectivity index (χ1n) is 10.4. The maximum Gasteiger partial charge on any atom is 0.253 e. The summed E-state index contributed by atoms with van der Waals surface area (Å²) in [6.45, 7) is 9.99. The molecule has 0 radical (unpaired) electrons. The summed E-state index contributed by atoms with van der Waals surface area (Å²) in [5.74, 6) is 2.32. The highest BCUT2D eigenvalue weighted by atomic mass is 16.2. The predicted molar refractivity (Wildman–Crippen MR) is 118 cm³/mol. The maximum absolute atomic E-state index is 12.8. The summed E-state index contributed by atoms with van der Waals surface area (Å²) in [5, 5.41) is 0. The Bertz CT molecular complexity index is 1130. The van der Waals surface area contributed by atoms with Gasteiger partial charge in [-0.3, -0.25) is 14.2 Å². The molecular weight excluding hydrogens is 392 g/mol. The first-order chi connectivity index (χ1) is 14.8. The van der Waals surface area contributed by atoms with Gasteiger partial charge in [-0.1, -0.05) is 12.1 Å². The average molecular weight is 419 g/mol. The summed E-state index contributed by atoms with van der Waals surface area (Å²) in [6, 6.07) is 8.83. The smallest absolute Gasteiger partial charge is 0.253 e. The zero-order chi connectivity index (χ0) is 22.1. The van der Waals surface area contributed by atoms with E-state index >= 15 is 0 Å². The van der Waals surface area contributed by atoms with Gasteiger partial charge in [0.05, 0.1) is 5.69 Å². The zero-order valence-electron chi connectivity index (χ0n) is 18.3. The van der Waals surface area contributed by atoms with Crippen LogP contribution >= 0.6 is 0 Å². The summed E-state index contributed by atoms with van der Waals surface area (Å²) >= 11 is 0. The number of carbonyl (C=O) groups is 2. The van der Waals surface area contributed by atoms with Crippen molar-refractivity contribution in [2.45, 2.75) is 27.7 Å². The normalized spacial score (nSPS) is 14.1. The van der Waals surface area contributed by atoms with Crippen LogP contribution in [-0.4, -0.2) is 62.3 Å². The number of Topliss-reactive ketones (excluding diaryl/α,β-unsaturated/α-hetero) is 1. The molecule has 31 heavy (non-hydrogen) atoms. The van der Waals surface area contributed by atoms with Gasteiger partial charge in [-0.25, -0.2) is 15.0 Å². The van der Waals surface area contributed by atoms with E-state index in [4.69, 9.17) is 0 Å². The summed E-state index contributed by atoms with van der Waals surface area (Å²) in [5.41, 5.74) is 3.24. The topological polar surface area (TPSA) is 84.2 Å². The molecule has 1 aromatic carbocycles. The van der Waals surface area contributed by atoms with E-state index in [2.05, 4.69) is 19.9 Å². The number of carbonyl (C=O) groups excluding carboxylic acids is 2. The molecule has 1 saturated heterocycles. The van der Waals surface area contributed by atoms with Gasteiger partial charge in [0.25, 0.3) is 5.91 Å². The van der Waals surface area contributed by atoms with E-state index in [9.17, 15) is 9.59 Å². The molecule has 1 aliphatic rings. The van der Waals surface area contributed by atoms with Crippen molar-refractivity contribution in [1.29, 1.82) is 0 Å². The quantitative estimate of drug-likeness (QED) is 0.606. The van der Waals surface area contributed by atoms with E-state index in [1.165, 1.54) is 6.92 Å². The third kappa shape index (κ3) is 4.19. The number of anilines is 1. The predicted octanol–water partition coefficient (Wildman–Crippen LogP) is 2.75.